The minimum absolute atomic E-state index is 0.0892. The molecule has 19 heavy (non-hydrogen) atoms. The lowest BCUT2D eigenvalue weighted by molar-refractivity contribution is 0.0688. The molecule has 7 heteroatoms. The molecule has 1 heterocycles. The average molecular weight is 286 g/mol. The molecule has 0 aromatic carbocycles. The molecule has 0 saturated carbocycles. The highest BCUT2D eigenvalue weighted by Gasteiger charge is 2.23. The molecular weight excluding hydrogens is 264 g/mol. The van der Waals surface area contributed by atoms with E-state index in [0.717, 1.165) is 0 Å². The summed E-state index contributed by atoms with van der Waals surface area (Å²) in [5, 5.41) is 12.9. The van der Waals surface area contributed by atoms with Crippen LogP contribution >= 0.6 is 11.3 Å². The van der Waals surface area contributed by atoms with Crippen LogP contribution < -0.4 is 11.1 Å². The first-order valence-electron chi connectivity index (χ1n) is 6.08. The second-order valence-electron chi connectivity index (χ2n) is 5.56. The first kappa shape index (κ1) is 15.7. The molecule has 1 amide bonds. The molecule has 1 rings (SSSR count). The highest BCUT2D eigenvalue weighted by molar-refractivity contribution is 7.18. The number of carbonyl (C=O) groups excluding carboxylic acids is 1. The lowest BCUT2D eigenvalue weighted by Crippen LogP contribution is -2.37. The Morgan fingerprint density at radius 3 is 2.63 bits per heavy atom. The average Bonchev–Trinajstić information content (AvgIpc) is 2.64. The van der Waals surface area contributed by atoms with Gasteiger partial charge in [-0.3, -0.25) is 4.79 Å². The summed E-state index contributed by atoms with van der Waals surface area (Å²) in [6, 6.07) is -0.256. The number of amides is 1. The Balaban J connectivity index is 2.93. The second-order valence-corrected chi connectivity index (χ2v) is 6.56. The van der Waals surface area contributed by atoms with Gasteiger partial charge in [0.2, 0.25) is 0 Å². The molecule has 0 aliphatic rings. The summed E-state index contributed by atoms with van der Waals surface area (Å²) < 4.78 is 0. The fraction of sp³-hybridized carbons (Fsp3) is 0.667. The summed E-state index contributed by atoms with van der Waals surface area (Å²) in [4.78, 5) is 18.2. The zero-order valence-corrected chi connectivity index (χ0v) is 12.8. The first-order chi connectivity index (χ1) is 8.65. The molecule has 1 unspecified atom stereocenters. The number of anilines is 2. The Kier molecular flexibility index (Phi) is 4.75. The van der Waals surface area contributed by atoms with Gasteiger partial charge in [0.15, 0.2) is 5.13 Å². The maximum atomic E-state index is 12.2. The Bertz CT molecular complexity index is 453. The predicted octanol–water partition coefficient (Wildman–Crippen LogP) is 1.39. The second kappa shape index (κ2) is 5.75. The third-order valence-electron chi connectivity index (χ3n) is 2.58. The van der Waals surface area contributed by atoms with Crippen LogP contribution in [0.3, 0.4) is 0 Å². The number of aliphatic hydroxyl groups is 1. The molecule has 0 aliphatic heterocycles. The smallest absolute Gasteiger partial charge is 0.267 e. The van der Waals surface area contributed by atoms with Gasteiger partial charge in [-0.2, -0.15) is 0 Å². The molecule has 0 bridgehead atoms. The number of likely N-dealkylation sites (N-methyl/N-ethyl adjacent to an activating group) is 1. The summed E-state index contributed by atoms with van der Waals surface area (Å²) in [7, 11) is 1.64. The molecule has 0 saturated heterocycles. The SMILES string of the molecule is CC(CO)N(C)C(=O)c1sc(NC(C)(C)C)nc1N. The molecule has 4 N–H and O–H groups in total. The Labute approximate surface area is 117 Å². The molecule has 108 valence electrons. The van der Waals surface area contributed by atoms with E-state index in [1.54, 1.807) is 14.0 Å². The van der Waals surface area contributed by atoms with Crippen molar-refractivity contribution >= 4 is 28.2 Å². The number of nitrogen functional groups attached to an aromatic ring is 1. The number of thiazole rings is 1. The van der Waals surface area contributed by atoms with Crippen LogP contribution in [0.1, 0.15) is 37.4 Å². The van der Waals surface area contributed by atoms with Crippen LogP contribution in [0.15, 0.2) is 0 Å². The molecule has 0 radical (unpaired) electrons. The van der Waals surface area contributed by atoms with Gasteiger partial charge in [0.05, 0.1) is 12.6 Å². The summed E-state index contributed by atoms with van der Waals surface area (Å²) in [6.45, 7) is 7.70. The van der Waals surface area contributed by atoms with Crippen molar-refractivity contribution in [3.05, 3.63) is 4.88 Å². The van der Waals surface area contributed by atoms with E-state index in [1.807, 2.05) is 20.8 Å². The molecule has 0 aliphatic carbocycles. The van der Waals surface area contributed by atoms with Crippen LogP contribution in [-0.2, 0) is 0 Å². The fourth-order valence-corrected chi connectivity index (χ4v) is 2.42. The highest BCUT2D eigenvalue weighted by atomic mass is 32.1. The number of aromatic nitrogens is 1. The van der Waals surface area contributed by atoms with E-state index < -0.39 is 0 Å². The lowest BCUT2D eigenvalue weighted by atomic mass is 10.1. The molecule has 1 atom stereocenters. The van der Waals surface area contributed by atoms with Gasteiger partial charge in [-0.25, -0.2) is 4.98 Å². The summed E-state index contributed by atoms with van der Waals surface area (Å²) >= 11 is 1.23. The Morgan fingerprint density at radius 2 is 2.16 bits per heavy atom. The predicted molar refractivity (Wildman–Crippen MR) is 78.5 cm³/mol. The van der Waals surface area contributed by atoms with Crippen molar-refractivity contribution in [2.45, 2.75) is 39.3 Å². The van der Waals surface area contributed by atoms with Crippen LogP contribution in [0.5, 0.6) is 0 Å². The van der Waals surface area contributed by atoms with Crippen LogP contribution in [0.2, 0.25) is 0 Å². The topological polar surface area (TPSA) is 91.5 Å². The lowest BCUT2D eigenvalue weighted by Gasteiger charge is -2.22. The van der Waals surface area contributed by atoms with Crippen LogP contribution in [0, 0.1) is 0 Å². The summed E-state index contributed by atoms with van der Waals surface area (Å²) in [5.74, 6) is -0.00255. The van der Waals surface area contributed by atoms with Gasteiger partial charge in [0.25, 0.3) is 5.91 Å². The number of hydrogen-bond acceptors (Lipinski definition) is 6. The van der Waals surface area contributed by atoms with Gasteiger partial charge in [-0.05, 0) is 27.7 Å². The van der Waals surface area contributed by atoms with Crippen LogP contribution in [0.4, 0.5) is 10.9 Å². The number of hydrogen-bond donors (Lipinski definition) is 3. The Morgan fingerprint density at radius 1 is 1.58 bits per heavy atom. The van der Waals surface area contributed by atoms with Gasteiger partial charge >= 0.3 is 0 Å². The van der Waals surface area contributed by atoms with Crippen LogP contribution in [-0.4, -0.2) is 46.1 Å². The number of aliphatic hydroxyl groups excluding tert-OH is 1. The number of nitrogens with two attached hydrogens (primary N) is 1. The number of rotatable bonds is 4. The van der Waals surface area contributed by atoms with E-state index >= 15 is 0 Å². The monoisotopic (exact) mass is 286 g/mol. The van der Waals surface area contributed by atoms with Gasteiger partial charge < -0.3 is 21.1 Å². The quantitative estimate of drug-likeness (QED) is 0.778. The number of carbonyl (C=O) groups is 1. The Hall–Kier alpha value is -1.34. The maximum Gasteiger partial charge on any atom is 0.267 e. The summed E-state index contributed by atoms with van der Waals surface area (Å²) in [5.41, 5.74) is 5.65. The third kappa shape index (κ3) is 4.07. The van der Waals surface area contributed by atoms with Crippen molar-refractivity contribution in [2.75, 3.05) is 24.7 Å². The van der Waals surface area contributed by atoms with Gasteiger partial charge in [-0.15, -0.1) is 0 Å². The highest BCUT2D eigenvalue weighted by Crippen LogP contribution is 2.28. The van der Waals surface area contributed by atoms with Crippen molar-refractivity contribution in [1.82, 2.24) is 9.88 Å². The number of nitrogens with one attached hydrogen (secondary N) is 1. The zero-order valence-electron chi connectivity index (χ0n) is 12.0. The van der Waals surface area contributed by atoms with Crippen LogP contribution in [0.25, 0.3) is 0 Å². The molecule has 6 nitrogen and oxygen atoms in total. The van der Waals surface area contributed by atoms with Gasteiger partial charge in [-0.1, -0.05) is 11.3 Å². The molecule has 1 aromatic heterocycles. The van der Waals surface area contributed by atoms with Crippen molar-refractivity contribution < 1.29 is 9.90 Å². The van der Waals surface area contributed by atoms with Gasteiger partial charge in [0.1, 0.15) is 10.7 Å². The molecular formula is C12H22N4O2S. The molecule has 0 spiro atoms. The van der Waals surface area contributed by atoms with E-state index in [2.05, 4.69) is 10.3 Å². The van der Waals surface area contributed by atoms with E-state index in [-0.39, 0.29) is 29.9 Å². The third-order valence-corrected chi connectivity index (χ3v) is 3.55. The molecule has 0 fully saturated rings. The van der Waals surface area contributed by atoms with Crippen molar-refractivity contribution in [2.24, 2.45) is 0 Å². The van der Waals surface area contributed by atoms with Gasteiger partial charge in [0, 0.05) is 12.6 Å². The zero-order chi connectivity index (χ0) is 14.8. The van der Waals surface area contributed by atoms with E-state index in [0.29, 0.717) is 10.0 Å². The fourth-order valence-electron chi connectivity index (χ4n) is 1.34. The number of nitrogens with zero attached hydrogens (tertiary/aromatic N) is 2. The summed E-state index contributed by atoms with van der Waals surface area (Å²) in [6.07, 6.45) is 0. The largest absolute Gasteiger partial charge is 0.394 e. The standard InChI is InChI=1S/C12H22N4O2S/c1-7(6-17)16(5)10(18)8-9(13)14-11(19-8)15-12(2,3)4/h7,17H,6,13H2,1-5H3,(H,14,15). The van der Waals surface area contributed by atoms with Crippen molar-refractivity contribution in [1.29, 1.82) is 0 Å². The van der Waals surface area contributed by atoms with E-state index in [1.165, 1.54) is 16.2 Å². The minimum atomic E-state index is -0.256. The van der Waals surface area contributed by atoms with E-state index in [4.69, 9.17) is 10.8 Å². The normalized spacial score (nSPS) is 13.2. The first-order valence-corrected chi connectivity index (χ1v) is 6.90. The van der Waals surface area contributed by atoms with Crippen molar-refractivity contribution in [3.63, 3.8) is 0 Å². The molecule has 1 aromatic rings. The minimum Gasteiger partial charge on any atom is -0.394 e. The van der Waals surface area contributed by atoms with Crippen molar-refractivity contribution in [3.8, 4) is 0 Å². The van der Waals surface area contributed by atoms with E-state index in [9.17, 15) is 4.79 Å². The maximum absolute atomic E-state index is 12.2.